The molecule has 3 rings (SSSR count). The van der Waals surface area contributed by atoms with E-state index >= 15 is 0 Å². The van der Waals surface area contributed by atoms with Crippen molar-refractivity contribution in [2.45, 2.75) is 13.8 Å². The van der Waals surface area contributed by atoms with E-state index in [4.69, 9.17) is 13.4 Å². The summed E-state index contributed by atoms with van der Waals surface area (Å²) in [6.07, 6.45) is 0. The fourth-order valence-electron chi connectivity index (χ4n) is 1.81. The molecule has 15 heavy (non-hydrogen) atoms. The van der Waals surface area contributed by atoms with Crippen LogP contribution in [-0.2, 0) is 0 Å². The van der Waals surface area contributed by atoms with Crippen LogP contribution in [0.2, 0.25) is 0 Å². The predicted octanol–water partition coefficient (Wildman–Crippen LogP) is 3.20. The van der Waals surface area contributed by atoms with Gasteiger partial charge in [-0.25, -0.2) is 0 Å². The minimum absolute atomic E-state index is 0.614. The molecule has 1 unspecified atom stereocenters. The maximum Gasteiger partial charge on any atom is 0.212 e. The minimum Gasteiger partial charge on any atom is -0.465 e. The van der Waals surface area contributed by atoms with E-state index in [-0.39, 0.29) is 0 Å². The molecule has 1 aliphatic heterocycles. The summed E-state index contributed by atoms with van der Waals surface area (Å²) < 4.78 is 17.0. The lowest BCUT2D eigenvalue weighted by atomic mass is 10.3. The van der Waals surface area contributed by atoms with Gasteiger partial charge in [-0.15, -0.1) is 0 Å². The van der Waals surface area contributed by atoms with Crippen LogP contribution >= 0.6 is 8.15 Å². The number of hydrogen-bond donors (Lipinski definition) is 0. The molecule has 4 heteroatoms. The Morgan fingerprint density at radius 1 is 1.00 bits per heavy atom. The van der Waals surface area contributed by atoms with E-state index in [1.165, 1.54) is 0 Å². The zero-order valence-corrected chi connectivity index (χ0v) is 9.72. The molecule has 1 aliphatic rings. The van der Waals surface area contributed by atoms with E-state index in [9.17, 15) is 0 Å². The Labute approximate surface area is 88.9 Å². The number of hydrogen-bond acceptors (Lipinski definition) is 3. The van der Waals surface area contributed by atoms with Gasteiger partial charge in [0.05, 0.1) is 5.30 Å². The van der Waals surface area contributed by atoms with Crippen LogP contribution in [0, 0.1) is 13.8 Å². The summed E-state index contributed by atoms with van der Waals surface area (Å²) in [5, 5.41) is 1.13. The van der Waals surface area contributed by atoms with Gasteiger partial charge in [-0.1, -0.05) is 0 Å². The normalized spacial score (nSPS) is 18.2. The maximum atomic E-state index is 5.80. The molecule has 2 aromatic heterocycles. The lowest BCUT2D eigenvalue weighted by Gasteiger charge is -2.17. The van der Waals surface area contributed by atoms with Crippen molar-refractivity contribution >= 4 is 13.5 Å². The molecule has 0 radical (unpaired) electrons. The van der Waals surface area contributed by atoms with Crippen LogP contribution in [-0.4, -0.2) is 6.66 Å². The first kappa shape index (κ1) is 9.05. The molecule has 0 bridgehead atoms. The summed E-state index contributed by atoms with van der Waals surface area (Å²) in [6.45, 7) is 5.93. The highest BCUT2D eigenvalue weighted by Gasteiger charge is 2.30. The maximum absolute atomic E-state index is 5.80. The fourth-order valence-corrected chi connectivity index (χ4v) is 3.14. The first-order valence-electron chi connectivity index (χ1n) is 4.78. The highest BCUT2D eigenvalue weighted by atomic mass is 31.1. The average Bonchev–Trinajstić information content (AvgIpc) is 2.68. The zero-order valence-electron chi connectivity index (χ0n) is 8.83. The highest BCUT2D eigenvalue weighted by Crippen LogP contribution is 2.48. The first-order valence-corrected chi connectivity index (χ1v) is 6.49. The van der Waals surface area contributed by atoms with Crippen LogP contribution in [0.1, 0.15) is 11.5 Å². The van der Waals surface area contributed by atoms with Crippen LogP contribution < -0.4 is 9.83 Å². The van der Waals surface area contributed by atoms with Crippen molar-refractivity contribution in [2.75, 3.05) is 6.66 Å². The molecule has 3 nitrogen and oxygen atoms in total. The molecular formula is C11H11O3P. The number of furan rings is 2. The van der Waals surface area contributed by atoms with E-state index < -0.39 is 8.15 Å². The monoisotopic (exact) mass is 222 g/mol. The van der Waals surface area contributed by atoms with Gasteiger partial charge in [-0.05, 0) is 26.6 Å². The van der Waals surface area contributed by atoms with Crippen molar-refractivity contribution in [1.82, 2.24) is 0 Å². The zero-order chi connectivity index (χ0) is 10.6. The van der Waals surface area contributed by atoms with Crippen molar-refractivity contribution in [3.05, 3.63) is 23.7 Å². The molecule has 0 amide bonds. The van der Waals surface area contributed by atoms with Crippen LogP contribution in [0.3, 0.4) is 0 Å². The average molecular weight is 222 g/mol. The van der Waals surface area contributed by atoms with E-state index in [1.807, 2.05) is 26.0 Å². The number of aryl methyl sites for hydroxylation is 2. The number of fused-ring (bicyclic) bond motifs is 3. The van der Waals surface area contributed by atoms with Crippen LogP contribution in [0.25, 0.3) is 11.5 Å². The predicted molar refractivity (Wildman–Crippen MR) is 59.0 cm³/mol. The third-order valence-electron chi connectivity index (χ3n) is 2.44. The summed E-state index contributed by atoms with van der Waals surface area (Å²) in [6, 6.07) is 3.94. The molecule has 0 saturated carbocycles. The van der Waals surface area contributed by atoms with Gasteiger partial charge >= 0.3 is 0 Å². The molecule has 0 fully saturated rings. The second-order valence-corrected chi connectivity index (χ2v) is 5.37. The van der Waals surface area contributed by atoms with Gasteiger partial charge in [0.1, 0.15) is 19.7 Å². The van der Waals surface area contributed by atoms with Gasteiger partial charge in [0.25, 0.3) is 0 Å². The SMILES string of the molecule is Cc1cc2c(o1)-c1oc(C)cc1P(C)O2. The molecular weight excluding hydrogens is 211 g/mol. The lowest BCUT2D eigenvalue weighted by Crippen LogP contribution is -2.08. The van der Waals surface area contributed by atoms with E-state index in [0.29, 0.717) is 0 Å². The Morgan fingerprint density at radius 2 is 1.67 bits per heavy atom. The van der Waals surface area contributed by atoms with E-state index in [1.54, 1.807) is 0 Å². The van der Waals surface area contributed by atoms with Gasteiger partial charge < -0.3 is 13.4 Å². The summed E-state index contributed by atoms with van der Waals surface area (Å²) >= 11 is 0. The Hall–Kier alpha value is -1.21. The Balaban J connectivity index is 2.28. The van der Waals surface area contributed by atoms with Gasteiger partial charge in [0.15, 0.2) is 11.5 Å². The second-order valence-electron chi connectivity index (χ2n) is 3.71. The van der Waals surface area contributed by atoms with Gasteiger partial charge in [0.2, 0.25) is 5.76 Å². The van der Waals surface area contributed by atoms with E-state index in [2.05, 4.69) is 6.66 Å². The second kappa shape index (κ2) is 2.89. The Bertz CT molecular complexity index is 524. The van der Waals surface area contributed by atoms with Crippen LogP contribution in [0.4, 0.5) is 0 Å². The summed E-state index contributed by atoms with van der Waals surface area (Å²) in [7, 11) is -0.614. The molecule has 0 spiro atoms. The highest BCUT2D eigenvalue weighted by molar-refractivity contribution is 7.61. The summed E-state index contributed by atoms with van der Waals surface area (Å²) in [5.74, 6) is 4.14. The lowest BCUT2D eigenvalue weighted by molar-refractivity contribution is 0.483. The molecule has 0 aliphatic carbocycles. The standard InChI is InChI=1S/C11H11O3P/c1-6-4-8-10(12-6)11-9(15(3)14-8)5-7(2)13-11/h4-5H,1-3H3. The largest absolute Gasteiger partial charge is 0.465 e. The molecule has 0 aromatic carbocycles. The van der Waals surface area contributed by atoms with Crippen molar-refractivity contribution in [3.63, 3.8) is 0 Å². The molecule has 0 N–H and O–H groups in total. The molecule has 2 aromatic rings. The topological polar surface area (TPSA) is 35.5 Å². The molecule has 3 heterocycles. The van der Waals surface area contributed by atoms with Gasteiger partial charge in [-0.3, -0.25) is 0 Å². The quantitative estimate of drug-likeness (QED) is 0.642. The third-order valence-corrected chi connectivity index (χ3v) is 3.92. The fraction of sp³-hybridized carbons (Fsp3) is 0.273. The van der Waals surface area contributed by atoms with Gasteiger partial charge in [0, 0.05) is 6.07 Å². The minimum atomic E-state index is -0.614. The van der Waals surface area contributed by atoms with E-state index in [0.717, 1.165) is 34.1 Å². The summed E-state index contributed by atoms with van der Waals surface area (Å²) in [4.78, 5) is 0. The molecule has 1 atom stereocenters. The van der Waals surface area contributed by atoms with Crippen molar-refractivity contribution in [2.24, 2.45) is 0 Å². The first-order chi connectivity index (χ1) is 7.15. The van der Waals surface area contributed by atoms with Crippen molar-refractivity contribution < 1.29 is 13.4 Å². The summed E-state index contributed by atoms with van der Waals surface area (Å²) in [5.41, 5.74) is 0. The molecule has 78 valence electrons. The van der Waals surface area contributed by atoms with Gasteiger partial charge in [-0.2, -0.15) is 0 Å². The van der Waals surface area contributed by atoms with Crippen molar-refractivity contribution in [3.8, 4) is 17.3 Å². The van der Waals surface area contributed by atoms with Crippen LogP contribution in [0.15, 0.2) is 21.0 Å². The molecule has 0 saturated heterocycles. The number of rotatable bonds is 0. The smallest absolute Gasteiger partial charge is 0.212 e. The Kier molecular flexibility index (Phi) is 1.74. The van der Waals surface area contributed by atoms with Crippen molar-refractivity contribution in [1.29, 1.82) is 0 Å². The Morgan fingerprint density at radius 3 is 2.47 bits per heavy atom. The third kappa shape index (κ3) is 1.23. The van der Waals surface area contributed by atoms with Crippen LogP contribution in [0.5, 0.6) is 5.75 Å².